The third kappa shape index (κ3) is 4.13. The number of rotatable bonds is 4. The molecular formula is C6H8O3S. The van der Waals surface area contributed by atoms with Gasteiger partial charge in [0.05, 0.1) is 12.0 Å². The average Bonchev–Trinajstić information content (AvgIpc) is 1.89. The molecule has 10 heavy (non-hydrogen) atoms. The van der Waals surface area contributed by atoms with Gasteiger partial charge in [-0.25, -0.2) is 0 Å². The summed E-state index contributed by atoms with van der Waals surface area (Å²) in [6, 6.07) is 0. The fourth-order valence-electron chi connectivity index (χ4n) is 0.265. The maximum absolute atomic E-state index is 10.5. The van der Waals surface area contributed by atoms with Crippen molar-refractivity contribution in [2.75, 3.05) is 6.61 Å². The molecule has 0 aromatic heterocycles. The van der Waals surface area contributed by atoms with E-state index in [1.165, 1.54) is 0 Å². The standard InChI is InChI=1S/C6H8O3S/c1-3-5-6-9-10(7,8)4-2/h1,4H,2,5-6H2. The van der Waals surface area contributed by atoms with Gasteiger partial charge in [-0.1, -0.05) is 6.58 Å². The minimum atomic E-state index is -3.52. The summed E-state index contributed by atoms with van der Waals surface area (Å²) in [6.07, 6.45) is 5.13. The molecule has 0 heterocycles. The van der Waals surface area contributed by atoms with E-state index in [4.69, 9.17) is 6.42 Å². The molecular weight excluding hydrogens is 152 g/mol. The molecule has 0 atom stereocenters. The third-order valence-corrected chi connectivity index (χ3v) is 1.60. The van der Waals surface area contributed by atoms with E-state index in [0.717, 1.165) is 5.41 Å². The van der Waals surface area contributed by atoms with Crippen molar-refractivity contribution in [2.45, 2.75) is 6.42 Å². The van der Waals surface area contributed by atoms with Crippen LogP contribution in [0.3, 0.4) is 0 Å². The molecule has 3 nitrogen and oxygen atoms in total. The molecule has 0 bridgehead atoms. The van der Waals surface area contributed by atoms with Crippen LogP contribution >= 0.6 is 0 Å². The lowest BCUT2D eigenvalue weighted by molar-refractivity contribution is 0.333. The van der Waals surface area contributed by atoms with E-state index < -0.39 is 10.1 Å². The summed E-state index contributed by atoms with van der Waals surface area (Å²) in [7, 11) is -3.52. The van der Waals surface area contributed by atoms with Crippen LogP contribution in [-0.2, 0) is 14.3 Å². The van der Waals surface area contributed by atoms with Gasteiger partial charge in [0, 0.05) is 6.42 Å². The van der Waals surface area contributed by atoms with E-state index in [1.54, 1.807) is 0 Å². The van der Waals surface area contributed by atoms with E-state index in [9.17, 15) is 8.42 Å². The van der Waals surface area contributed by atoms with Gasteiger partial charge in [0.25, 0.3) is 10.1 Å². The summed E-state index contributed by atoms with van der Waals surface area (Å²) in [5, 5.41) is 0.740. The van der Waals surface area contributed by atoms with Gasteiger partial charge >= 0.3 is 0 Å². The van der Waals surface area contributed by atoms with Gasteiger partial charge in [0.2, 0.25) is 0 Å². The molecule has 0 aliphatic rings. The van der Waals surface area contributed by atoms with E-state index in [0.29, 0.717) is 0 Å². The molecule has 0 aromatic carbocycles. The fourth-order valence-corrected chi connectivity index (χ4v) is 0.677. The number of hydrogen-bond acceptors (Lipinski definition) is 3. The Labute approximate surface area is 60.8 Å². The van der Waals surface area contributed by atoms with Gasteiger partial charge in [0.1, 0.15) is 0 Å². The molecule has 4 heteroatoms. The smallest absolute Gasteiger partial charge is 0.266 e. The second-order valence-electron chi connectivity index (χ2n) is 1.44. The van der Waals surface area contributed by atoms with Crippen LogP contribution in [0, 0.1) is 12.3 Å². The highest BCUT2D eigenvalue weighted by molar-refractivity contribution is 7.89. The zero-order valence-corrected chi connectivity index (χ0v) is 6.23. The zero-order valence-electron chi connectivity index (χ0n) is 5.41. The highest BCUT2D eigenvalue weighted by atomic mass is 32.2. The Kier molecular flexibility index (Phi) is 3.77. The molecule has 0 aromatic rings. The van der Waals surface area contributed by atoms with Crippen LogP contribution in [0.15, 0.2) is 12.0 Å². The summed E-state index contributed by atoms with van der Waals surface area (Å²) in [4.78, 5) is 0. The van der Waals surface area contributed by atoms with Gasteiger partial charge in [-0.3, -0.25) is 4.18 Å². The lowest BCUT2D eigenvalue weighted by atomic mass is 10.5. The predicted molar refractivity (Wildman–Crippen MR) is 38.5 cm³/mol. The van der Waals surface area contributed by atoms with Crippen LogP contribution in [0.1, 0.15) is 6.42 Å². The van der Waals surface area contributed by atoms with Crippen molar-refractivity contribution in [3.05, 3.63) is 12.0 Å². The van der Waals surface area contributed by atoms with Gasteiger partial charge in [-0.05, 0) is 0 Å². The fraction of sp³-hybridized carbons (Fsp3) is 0.333. The van der Waals surface area contributed by atoms with Crippen LogP contribution < -0.4 is 0 Å². The summed E-state index contributed by atoms with van der Waals surface area (Å²) >= 11 is 0. The van der Waals surface area contributed by atoms with Crippen molar-refractivity contribution in [3.8, 4) is 12.3 Å². The van der Waals surface area contributed by atoms with Crippen molar-refractivity contribution < 1.29 is 12.6 Å². The lowest BCUT2D eigenvalue weighted by Gasteiger charge is -1.95. The largest absolute Gasteiger partial charge is 0.289 e. The van der Waals surface area contributed by atoms with Gasteiger partial charge < -0.3 is 0 Å². The normalized spacial score (nSPS) is 10.3. The SMILES string of the molecule is C#CCCOS(=O)(=O)C=C. The quantitative estimate of drug-likeness (QED) is 0.341. The highest BCUT2D eigenvalue weighted by Gasteiger charge is 2.01. The Bertz CT molecular complexity index is 232. The lowest BCUT2D eigenvalue weighted by Crippen LogP contribution is -2.01. The first kappa shape index (κ1) is 9.21. The van der Waals surface area contributed by atoms with Crippen LogP contribution in [0.4, 0.5) is 0 Å². The topological polar surface area (TPSA) is 43.4 Å². The van der Waals surface area contributed by atoms with Crippen molar-refractivity contribution in [3.63, 3.8) is 0 Å². The first-order chi connectivity index (χ1) is 4.62. The average molecular weight is 160 g/mol. The van der Waals surface area contributed by atoms with Gasteiger partial charge in [0.15, 0.2) is 0 Å². The van der Waals surface area contributed by atoms with Gasteiger partial charge in [-0.15, -0.1) is 12.3 Å². The second-order valence-corrected chi connectivity index (χ2v) is 2.99. The molecule has 0 radical (unpaired) electrons. The Morgan fingerprint density at radius 2 is 2.30 bits per heavy atom. The molecule has 0 unspecified atom stereocenters. The van der Waals surface area contributed by atoms with Crippen LogP contribution in [-0.4, -0.2) is 15.0 Å². The maximum atomic E-state index is 10.5. The number of hydrogen-bond donors (Lipinski definition) is 0. The molecule has 0 rings (SSSR count). The number of terminal acetylenes is 1. The Morgan fingerprint density at radius 3 is 2.70 bits per heavy atom. The van der Waals surface area contributed by atoms with Crippen molar-refractivity contribution in [1.82, 2.24) is 0 Å². The molecule has 0 aliphatic carbocycles. The van der Waals surface area contributed by atoms with E-state index in [-0.39, 0.29) is 13.0 Å². The third-order valence-electron chi connectivity index (χ3n) is 0.698. The molecule has 0 amide bonds. The van der Waals surface area contributed by atoms with Crippen molar-refractivity contribution >= 4 is 10.1 Å². The van der Waals surface area contributed by atoms with Crippen molar-refractivity contribution in [2.24, 2.45) is 0 Å². The molecule has 0 spiro atoms. The van der Waals surface area contributed by atoms with Crippen LogP contribution in [0.25, 0.3) is 0 Å². The first-order valence-corrected chi connectivity index (χ1v) is 4.05. The van der Waals surface area contributed by atoms with E-state index in [1.807, 2.05) is 0 Å². The van der Waals surface area contributed by atoms with E-state index >= 15 is 0 Å². The molecule has 0 N–H and O–H groups in total. The molecule has 56 valence electrons. The predicted octanol–water partition coefficient (Wildman–Crippen LogP) is 0.500. The van der Waals surface area contributed by atoms with Crippen LogP contribution in [0.5, 0.6) is 0 Å². The Balaban J connectivity index is 3.72. The van der Waals surface area contributed by atoms with Crippen molar-refractivity contribution in [1.29, 1.82) is 0 Å². The monoisotopic (exact) mass is 160 g/mol. The maximum Gasteiger partial charge on any atom is 0.289 e. The summed E-state index contributed by atoms with van der Waals surface area (Å²) in [5.74, 6) is 2.24. The van der Waals surface area contributed by atoms with E-state index in [2.05, 4.69) is 16.7 Å². The summed E-state index contributed by atoms with van der Waals surface area (Å²) < 4.78 is 25.3. The Hall–Kier alpha value is -0.790. The molecule has 0 saturated carbocycles. The summed E-state index contributed by atoms with van der Waals surface area (Å²) in [6.45, 7) is 3.07. The molecule has 0 saturated heterocycles. The van der Waals surface area contributed by atoms with Crippen LogP contribution in [0.2, 0.25) is 0 Å². The van der Waals surface area contributed by atoms with Gasteiger partial charge in [-0.2, -0.15) is 8.42 Å². The molecule has 0 aliphatic heterocycles. The summed E-state index contributed by atoms with van der Waals surface area (Å²) in [5.41, 5.74) is 0. The first-order valence-electron chi connectivity index (χ1n) is 2.57. The second kappa shape index (κ2) is 4.09. The zero-order chi connectivity index (χ0) is 8.04. The minimum Gasteiger partial charge on any atom is -0.266 e. The highest BCUT2D eigenvalue weighted by Crippen LogP contribution is 1.93. The minimum absolute atomic E-state index is 0.0187. The molecule has 0 fully saturated rings. The Morgan fingerprint density at radius 1 is 1.70 bits per heavy atom.